The molecule has 0 bridgehead atoms. The van der Waals surface area contributed by atoms with Crippen molar-refractivity contribution in [2.45, 2.75) is 13.8 Å². The summed E-state index contributed by atoms with van der Waals surface area (Å²) in [5, 5.41) is 0.560. The second-order valence-corrected chi connectivity index (χ2v) is 5.17. The van der Waals surface area contributed by atoms with Gasteiger partial charge in [-0.1, -0.05) is 12.1 Å². The Kier molecular flexibility index (Phi) is 4.70. The summed E-state index contributed by atoms with van der Waals surface area (Å²) in [7, 11) is 1.26. The number of esters is 1. The summed E-state index contributed by atoms with van der Waals surface area (Å²) in [5.41, 5.74) is 0.804. The molecule has 5 nitrogen and oxygen atoms in total. The zero-order chi connectivity index (χ0) is 15.4. The van der Waals surface area contributed by atoms with Gasteiger partial charge in [0.05, 0.1) is 19.3 Å². The van der Waals surface area contributed by atoms with E-state index in [0.29, 0.717) is 22.2 Å². The maximum absolute atomic E-state index is 11.7. The molecule has 0 N–H and O–H groups in total. The number of carbonyl (C=O) groups excluding carboxylic acids is 2. The number of hydrogen-bond acceptors (Lipinski definition) is 6. The number of nitrogens with zero attached hydrogens (tertiary/aromatic N) is 1. The highest BCUT2D eigenvalue weighted by Crippen LogP contribution is 2.34. The van der Waals surface area contributed by atoms with Crippen LogP contribution in [-0.2, 0) is 4.74 Å². The van der Waals surface area contributed by atoms with Gasteiger partial charge in [0, 0.05) is 6.92 Å². The topological polar surface area (TPSA) is 65.5 Å². The van der Waals surface area contributed by atoms with Crippen LogP contribution >= 0.6 is 11.3 Å². The molecule has 0 aliphatic carbocycles. The molecular weight excluding hydrogens is 290 g/mol. The van der Waals surface area contributed by atoms with E-state index in [2.05, 4.69) is 9.72 Å². The Morgan fingerprint density at radius 2 is 2.00 bits per heavy atom. The van der Waals surface area contributed by atoms with E-state index in [1.165, 1.54) is 14.0 Å². The van der Waals surface area contributed by atoms with E-state index in [9.17, 15) is 9.59 Å². The summed E-state index contributed by atoms with van der Waals surface area (Å²) in [6, 6.07) is 7.38. The number of aromatic nitrogens is 1. The summed E-state index contributed by atoms with van der Waals surface area (Å²) in [6.45, 7) is 3.81. The van der Waals surface area contributed by atoms with Crippen LogP contribution in [0.3, 0.4) is 0 Å². The zero-order valence-electron chi connectivity index (χ0n) is 12.0. The summed E-state index contributed by atoms with van der Waals surface area (Å²) < 4.78 is 10.2. The van der Waals surface area contributed by atoms with Crippen LogP contribution in [0.1, 0.15) is 34.0 Å². The predicted molar refractivity (Wildman–Crippen MR) is 80.1 cm³/mol. The highest BCUT2D eigenvalue weighted by atomic mass is 32.1. The number of ether oxygens (including phenoxy) is 2. The van der Waals surface area contributed by atoms with Crippen LogP contribution < -0.4 is 4.74 Å². The third-order valence-electron chi connectivity index (χ3n) is 2.74. The summed E-state index contributed by atoms with van der Waals surface area (Å²) >= 11 is 1.16. The van der Waals surface area contributed by atoms with Crippen molar-refractivity contribution in [1.82, 2.24) is 4.98 Å². The van der Waals surface area contributed by atoms with Gasteiger partial charge in [0.15, 0.2) is 11.5 Å². The highest BCUT2D eigenvalue weighted by Gasteiger charge is 2.23. The SMILES string of the molecule is CCOc1ccccc1-c1nc(C(=O)OC)c(C(C)=O)s1. The van der Waals surface area contributed by atoms with E-state index >= 15 is 0 Å². The maximum Gasteiger partial charge on any atom is 0.358 e. The molecule has 0 saturated carbocycles. The first-order chi connectivity index (χ1) is 10.1. The van der Waals surface area contributed by atoms with Crippen molar-refractivity contribution in [2.24, 2.45) is 0 Å². The molecule has 1 aromatic heterocycles. The van der Waals surface area contributed by atoms with E-state index in [4.69, 9.17) is 4.74 Å². The van der Waals surface area contributed by atoms with Crippen molar-refractivity contribution in [3.63, 3.8) is 0 Å². The fourth-order valence-electron chi connectivity index (χ4n) is 1.83. The molecule has 0 amide bonds. The highest BCUT2D eigenvalue weighted by molar-refractivity contribution is 7.17. The van der Waals surface area contributed by atoms with Gasteiger partial charge in [-0.05, 0) is 19.1 Å². The van der Waals surface area contributed by atoms with Crippen LogP contribution in [0, 0.1) is 0 Å². The second kappa shape index (κ2) is 6.49. The average Bonchev–Trinajstić information content (AvgIpc) is 2.92. The molecular formula is C15H15NO4S. The number of carbonyl (C=O) groups is 2. The van der Waals surface area contributed by atoms with Crippen molar-refractivity contribution >= 4 is 23.1 Å². The number of ketones is 1. The monoisotopic (exact) mass is 305 g/mol. The molecule has 0 unspecified atom stereocenters. The molecule has 2 rings (SSSR count). The zero-order valence-corrected chi connectivity index (χ0v) is 12.8. The molecule has 0 radical (unpaired) electrons. The number of benzene rings is 1. The molecule has 110 valence electrons. The minimum atomic E-state index is -0.614. The van der Waals surface area contributed by atoms with Crippen LogP contribution in [0.5, 0.6) is 5.75 Å². The van der Waals surface area contributed by atoms with Crippen LogP contribution in [0.4, 0.5) is 0 Å². The average molecular weight is 305 g/mol. The Bertz CT molecular complexity index is 678. The van der Waals surface area contributed by atoms with E-state index in [1.54, 1.807) is 0 Å². The Labute approximate surface area is 126 Å². The van der Waals surface area contributed by atoms with Crippen molar-refractivity contribution in [2.75, 3.05) is 13.7 Å². The van der Waals surface area contributed by atoms with Gasteiger partial charge in [-0.2, -0.15) is 0 Å². The molecule has 6 heteroatoms. The van der Waals surface area contributed by atoms with Gasteiger partial charge >= 0.3 is 5.97 Å². The second-order valence-electron chi connectivity index (χ2n) is 4.17. The number of para-hydroxylation sites is 1. The Morgan fingerprint density at radius 3 is 2.62 bits per heavy atom. The lowest BCUT2D eigenvalue weighted by atomic mass is 10.2. The summed E-state index contributed by atoms with van der Waals surface area (Å²) in [5.74, 6) is -0.162. The van der Waals surface area contributed by atoms with Crippen molar-refractivity contribution in [3.8, 4) is 16.3 Å². The molecule has 21 heavy (non-hydrogen) atoms. The summed E-state index contributed by atoms with van der Waals surface area (Å²) in [6.07, 6.45) is 0. The molecule has 0 aliphatic heterocycles. The largest absolute Gasteiger partial charge is 0.493 e. The number of Topliss-reactive ketones (excluding diaryl/α,β-unsaturated/α-hetero) is 1. The van der Waals surface area contributed by atoms with Crippen LogP contribution in [-0.4, -0.2) is 30.5 Å². The maximum atomic E-state index is 11.7. The standard InChI is InChI=1S/C15H15NO4S/c1-4-20-11-8-6-5-7-10(11)14-16-12(15(18)19-3)13(21-14)9(2)17/h5-8H,4H2,1-3H3. The van der Waals surface area contributed by atoms with Crippen LogP contribution in [0.2, 0.25) is 0 Å². The van der Waals surface area contributed by atoms with Crippen molar-refractivity contribution < 1.29 is 19.1 Å². The minimum absolute atomic E-state index is 0.0521. The molecule has 0 saturated heterocycles. The van der Waals surface area contributed by atoms with Gasteiger partial charge in [0.2, 0.25) is 0 Å². The predicted octanol–water partition coefficient (Wildman–Crippen LogP) is 3.20. The lowest BCUT2D eigenvalue weighted by Crippen LogP contribution is -2.06. The van der Waals surface area contributed by atoms with Gasteiger partial charge in [-0.25, -0.2) is 9.78 Å². The Hall–Kier alpha value is -2.21. The molecule has 0 spiro atoms. The molecule has 0 aliphatic rings. The lowest BCUT2D eigenvalue weighted by molar-refractivity contribution is 0.0591. The number of methoxy groups -OCH3 is 1. The molecule has 0 fully saturated rings. The first-order valence-corrected chi connectivity index (χ1v) is 7.22. The third-order valence-corrected chi connectivity index (χ3v) is 3.93. The minimum Gasteiger partial charge on any atom is -0.493 e. The Balaban J connectivity index is 2.55. The lowest BCUT2D eigenvalue weighted by Gasteiger charge is -2.07. The van der Waals surface area contributed by atoms with E-state index < -0.39 is 5.97 Å². The number of rotatable bonds is 5. The smallest absolute Gasteiger partial charge is 0.358 e. The van der Waals surface area contributed by atoms with Gasteiger partial charge in [0.25, 0.3) is 0 Å². The van der Waals surface area contributed by atoms with Crippen LogP contribution in [0.15, 0.2) is 24.3 Å². The van der Waals surface area contributed by atoms with Crippen LogP contribution in [0.25, 0.3) is 10.6 Å². The first-order valence-electron chi connectivity index (χ1n) is 6.40. The van der Waals surface area contributed by atoms with Gasteiger partial charge < -0.3 is 9.47 Å². The number of thiazole rings is 1. The normalized spacial score (nSPS) is 10.2. The summed E-state index contributed by atoms with van der Waals surface area (Å²) in [4.78, 5) is 28.0. The van der Waals surface area contributed by atoms with E-state index in [-0.39, 0.29) is 11.5 Å². The molecule has 0 atom stereocenters. The Morgan fingerprint density at radius 1 is 1.29 bits per heavy atom. The third kappa shape index (κ3) is 3.11. The van der Waals surface area contributed by atoms with Gasteiger partial charge in [-0.15, -0.1) is 11.3 Å². The quantitative estimate of drug-likeness (QED) is 0.627. The fraction of sp³-hybridized carbons (Fsp3) is 0.267. The number of hydrogen-bond donors (Lipinski definition) is 0. The fourth-order valence-corrected chi connectivity index (χ4v) is 2.81. The van der Waals surface area contributed by atoms with Crippen molar-refractivity contribution in [3.05, 3.63) is 34.8 Å². The molecule has 1 heterocycles. The molecule has 2 aromatic rings. The molecule has 1 aromatic carbocycles. The van der Waals surface area contributed by atoms with Gasteiger partial charge in [-0.3, -0.25) is 4.79 Å². The van der Waals surface area contributed by atoms with E-state index in [0.717, 1.165) is 16.9 Å². The van der Waals surface area contributed by atoms with Crippen molar-refractivity contribution in [1.29, 1.82) is 0 Å². The van der Waals surface area contributed by atoms with Gasteiger partial charge in [0.1, 0.15) is 15.6 Å². The van der Waals surface area contributed by atoms with E-state index in [1.807, 2.05) is 31.2 Å². The first kappa shape index (κ1) is 15.2.